The highest BCUT2D eigenvalue weighted by atomic mass is 35.5. The molecule has 0 radical (unpaired) electrons. The number of alkyl halides is 3. The second-order valence-electron chi connectivity index (χ2n) is 6.79. The predicted molar refractivity (Wildman–Crippen MR) is 104 cm³/mol. The van der Waals surface area contributed by atoms with Crippen LogP contribution in [0.15, 0.2) is 42.6 Å². The van der Waals surface area contributed by atoms with Crippen molar-refractivity contribution < 1.29 is 22.7 Å². The molecule has 2 heterocycles. The van der Waals surface area contributed by atoms with Gasteiger partial charge in [0.15, 0.2) is 6.10 Å². The Hall–Kier alpha value is -2.48. The first-order chi connectivity index (χ1) is 13.7. The standard InChI is InChI=1S/C20H21ClF3N3O2/c1-14(29-17-5-2-4-16(21)12-17)19(28)27-9-3-8-26(10-11-27)18-7-6-15(13-25-18)20(22,23)24/h2,4-7,12-14H,3,8-11H2,1H3. The summed E-state index contributed by atoms with van der Waals surface area (Å²) in [5.74, 6) is 0.839. The zero-order chi connectivity index (χ0) is 21.0. The third-order valence-corrected chi connectivity index (χ3v) is 4.90. The lowest BCUT2D eigenvalue weighted by molar-refractivity contribution is -0.138. The summed E-state index contributed by atoms with van der Waals surface area (Å²) < 4.78 is 43.8. The number of anilines is 1. The molecule has 1 aliphatic rings. The Morgan fingerprint density at radius 3 is 2.62 bits per heavy atom. The van der Waals surface area contributed by atoms with Crippen LogP contribution in [0.25, 0.3) is 0 Å². The largest absolute Gasteiger partial charge is 0.481 e. The van der Waals surface area contributed by atoms with Gasteiger partial charge in [-0.25, -0.2) is 4.98 Å². The number of benzene rings is 1. The van der Waals surface area contributed by atoms with Gasteiger partial charge in [-0.3, -0.25) is 4.79 Å². The minimum absolute atomic E-state index is 0.146. The van der Waals surface area contributed by atoms with Crippen LogP contribution in [0.2, 0.25) is 5.02 Å². The number of carbonyl (C=O) groups is 1. The van der Waals surface area contributed by atoms with Gasteiger partial charge in [0.25, 0.3) is 5.91 Å². The molecular weight excluding hydrogens is 407 g/mol. The first kappa shape index (κ1) is 21.2. The van der Waals surface area contributed by atoms with Crippen LogP contribution in [0.4, 0.5) is 19.0 Å². The monoisotopic (exact) mass is 427 g/mol. The molecule has 1 saturated heterocycles. The molecule has 29 heavy (non-hydrogen) atoms. The number of carbonyl (C=O) groups excluding carboxylic acids is 1. The molecule has 2 aromatic rings. The van der Waals surface area contributed by atoms with Gasteiger partial charge in [0.05, 0.1) is 5.56 Å². The van der Waals surface area contributed by atoms with Gasteiger partial charge in [-0.2, -0.15) is 13.2 Å². The summed E-state index contributed by atoms with van der Waals surface area (Å²) in [6.07, 6.45) is -3.57. The van der Waals surface area contributed by atoms with Crippen molar-refractivity contribution >= 4 is 23.3 Å². The van der Waals surface area contributed by atoms with E-state index in [0.29, 0.717) is 49.2 Å². The quantitative estimate of drug-likeness (QED) is 0.731. The van der Waals surface area contributed by atoms with E-state index in [4.69, 9.17) is 16.3 Å². The summed E-state index contributed by atoms with van der Waals surface area (Å²) in [7, 11) is 0. The third-order valence-electron chi connectivity index (χ3n) is 4.66. The topological polar surface area (TPSA) is 45.7 Å². The zero-order valence-electron chi connectivity index (χ0n) is 15.8. The van der Waals surface area contributed by atoms with Crippen molar-refractivity contribution in [1.82, 2.24) is 9.88 Å². The fourth-order valence-electron chi connectivity index (χ4n) is 3.16. The maximum atomic E-state index is 12.7. The highest BCUT2D eigenvalue weighted by Gasteiger charge is 2.31. The molecule has 0 N–H and O–H groups in total. The van der Waals surface area contributed by atoms with Gasteiger partial charge in [-0.05, 0) is 43.7 Å². The fourth-order valence-corrected chi connectivity index (χ4v) is 3.34. The fraction of sp³-hybridized carbons (Fsp3) is 0.400. The summed E-state index contributed by atoms with van der Waals surface area (Å²) in [4.78, 5) is 20.3. The Bertz CT molecular complexity index is 846. The first-order valence-electron chi connectivity index (χ1n) is 9.23. The number of ether oxygens (including phenoxy) is 1. The average Bonchev–Trinajstić information content (AvgIpc) is 2.93. The lowest BCUT2D eigenvalue weighted by Gasteiger charge is -2.25. The van der Waals surface area contributed by atoms with E-state index < -0.39 is 17.8 Å². The third kappa shape index (κ3) is 5.53. The number of hydrogen-bond acceptors (Lipinski definition) is 4. The van der Waals surface area contributed by atoms with E-state index in [9.17, 15) is 18.0 Å². The van der Waals surface area contributed by atoms with Gasteiger partial charge in [0.1, 0.15) is 11.6 Å². The molecule has 1 aromatic heterocycles. The van der Waals surface area contributed by atoms with Gasteiger partial charge in [0, 0.05) is 37.4 Å². The number of halogens is 4. The predicted octanol–water partition coefficient (Wildman–Crippen LogP) is 4.26. The number of nitrogens with zero attached hydrogens (tertiary/aromatic N) is 3. The summed E-state index contributed by atoms with van der Waals surface area (Å²) in [6, 6.07) is 9.24. The van der Waals surface area contributed by atoms with Gasteiger partial charge in [-0.1, -0.05) is 17.7 Å². The van der Waals surface area contributed by atoms with Gasteiger partial charge >= 0.3 is 6.18 Å². The molecule has 1 fully saturated rings. The molecule has 0 spiro atoms. The smallest absolute Gasteiger partial charge is 0.417 e. The summed E-state index contributed by atoms with van der Waals surface area (Å²) in [5.41, 5.74) is -0.778. The molecule has 3 rings (SSSR count). The number of pyridine rings is 1. The molecule has 156 valence electrons. The van der Waals surface area contributed by atoms with Crippen LogP contribution in [-0.2, 0) is 11.0 Å². The maximum absolute atomic E-state index is 12.7. The molecule has 1 aromatic carbocycles. The second kappa shape index (κ2) is 8.90. The Kier molecular flexibility index (Phi) is 6.52. The molecule has 1 amide bonds. The van der Waals surface area contributed by atoms with Crippen LogP contribution >= 0.6 is 11.6 Å². The second-order valence-corrected chi connectivity index (χ2v) is 7.22. The van der Waals surface area contributed by atoms with Crippen molar-refractivity contribution in [1.29, 1.82) is 0 Å². The Morgan fingerprint density at radius 2 is 1.97 bits per heavy atom. The summed E-state index contributed by atoms with van der Waals surface area (Å²) >= 11 is 5.94. The van der Waals surface area contributed by atoms with Crippen molar-refractivity contribution in [3.8, 4) is 5.75 Å². The SMILES string of the molecule is CC(Oc1cccc(Cl)c1)C(=O)N1CCCN(c2ccc(C(F)(F)F)cn2)CC1. The highest BCUT2D eigenvalue weighted by molar-refractivity contribution is 6.30. The van der Waals surface area contributed by atoms with Crippen molar-refractivity contribution in [3.05, 3.63) is 53.2 Å². The lowest BCUT2D eigenvalue weighted by atomic mass is 10.2. The van der Waals surface area contributed by atoms with Crippen LogP contribution < -0.4 is 9.64 Å². The van der Waals surface area contributed by atoms with E-state index >= 15 is 0 Å². The van der Waals surface area contributed by atoms with Crippen LogP contribution in [0.5, 0.6) is 5.75 Å². The zero-order valence-corrected chi connectivity index (χ0v) is 16.6. The van der Waals surface area contributed by atoms with E-state index in [-0.39, 0.29) is 5.91 Å². The van der Waals surface area contributed by atoms with E-state index in [1.807, 2.05) is 4.90 Å². The number of hydrogen-bond donors (Lipinski definition) is 0. The van der Waals surface area contributed by atoms with E-state index in [1.165, 1.54) is 6.07 Å². The molecule has 0 saturated carbocycles. The van der Waals surface area contributed by atoms with Crippen LogP contribution in [0.3, 0.4) is 0 Å². The van der Waals surface area contributed by atoms with Crippen LogP contribution in [0.1, 0.15) is 18.9 Å². The number of amides is 1. The number of aromatic nitrogens is 1. The van der Waals surface area contributed by atoms with Crippen molar-refractivity contribution in [2.24, 2.45) is 0 Å². The molecule has 1 aliphatic heterocycles. The Morgan fingerprint density at radius 1 is 1.17 bits per heavy atom. The molecule has 9 heteroatoms. The number of rotatable bonds is 4. The Labute approximate surface area is 172 Å². The minimum atomic E-state index is -4.41. The lowest BCUT2D eigenvalue weighted by Crippen LogP contribution is -2.42. The van der Waals surface area contributed by atoms with Crippen LogP contribution in [0, 0.1) is 0 Å². The molecular formula is C20H21ClF3N3O2. The Balaban J connectivity index is 1.59. The highest BCUT2D eigenvalue weighted by Crippen LogP contribution is 2.29. The minimum Gasteiger partial charge on any atom is -0.481 e. The normalized spacial score (nSPS) is 16.3. The van der Waals surface area contributed by atoms with E-state index in [0.717, 1.165) is 12.3 Å². The average molecular weight is 428 g/mol. The first-order valence-corrected chi connectivity index (χ1v) is 9.61. The van der Waals surface area contributed by atoms with Gasteiger partial charge in [-0.15, -0.1) is 0 Å². The maximum Gasteiger partial charge on any atom is 0.417 e. The van der Waals surface area contributed by atoms with Gasteiger partial charge < -0.3 is 14.5 Å². The van der Waals surface area contributed by atoms with Crippen molar-refractivity contribution in [2.75, 3.05) is 31.1 Å². The van der Waals surface area contributed by atoms with E-state index in [2.05, 4.69) is 4.98 Å². The molecule has 1 unspecified atom stereocenters. The van der Waals surface area contributed by atoms with Crippen molar-refractivity contribution in [2.45, 2.75) is 25.6 Å². The van der Waals surface area contributed by atoms with Gasteiger partial charge in [0.2, 0.25) is 0 Å². The molecule has 5 nitrogen and oxygen atoms in total. The molecule has 1 atom stereocenters. The van der Waals surface area contributed by atoms with Crippen molar-refractivity contribution in [3.63, 3.8) is 0 Å². The molecule has 0 aliphatic carbocycles. The van der Waals surface area contributed by atoms with Crippen LogP contribution in [-0.4, -0.2) is 48.1 Å². The molecule has 0 bridgehead atoms. The summed E-state index contributed by atoms with van der Waals surface area (Å²) in [5, 5.41) is 0.525. The summed E-state index contributed by atoms with van der Waals surface area (Å²) in [6.45, 7) is 3.74. The van der Waals surface area contributed by atoms with E-state index in [1.54, 1.807) is 36.1 Å².